The molecule has 0 fully saturated rings. The molecule has 1 rings (SSSR count). The fraction of sp³-hybridized carbons (Fsp3) is 0.125. The van der Waals surface area contributed by atoms with Gasteiger partial charge in [0.15, 0.2) is 0 Å². The average Bonchev–Trinajstić information content (AvgIpc) is 2.13. The Labute approximate surface area is 94.2 Å². The van der Waals surface area contributed by atoms with Gasteiger partial charge >= 0.3 is 11.7 Å². The number of aliphatic carboxylic acids is 1. The smallest absolute Gasteiger partial charge is 0.313 e. The van der Waals surface area contributed by atoms with Gasteiger partial charge < -0.3 is 5.11 Å². The van der Waals surface area contributed by atoms with E-state index >= 15 is 0 Å². The number of rotatable bonds is 4. The predicted molar refractivity (Wildman–Crippen MR) is 56.5 cm³/mol. The number of hydrogen-bond acceptors (Lipinski definition) is 4. The first-order chi connectivity index (χ1) is 7.02. The topological polar surface area (TPSA) is 80.4 Å². The van der Waals surface area contributed by atoms with E-state index in [0.717, 1.165) is 11.8 Å². The molecule has 7 heteroatoms. The highest BCUT2D eigenvalue weighted by Crippen LogP contribution is 2.34. The highest BCUT2D eigenvalue weighted by molar-refractivity contribution is 8.00. The van der Waals surface area contributed by atoms with Crippen LogP contribution in [0, 0.1) is 10.1 Å². The van der Waals surface area contributed by atoms with Crippen molar-refractivity contribution in [1.82, 2.24) is 0 Å². The molecule has 0 bridgehead atoms. The minimum absolute atomic E-state index is 0.00962. The molecular formula is C8H6ClNO4S. The van der Waals surface area contributed by atoms with Gasteiger partial charge in [-0.2, -0.15) is 0 Å². The van der Waals surface area contributed by atoms with E-state index in [0.29, 0.717) is 0 Å². The van der Waals surface area contributed by atoms with Gasteiger partial charge in [0.2, 0.25) is 0 Å². The fourth-order valence-electron chi connectivity index (χ4n) is 0.929. The van der Waals surface area contributed by atoms with Crippen molar-refractivity contribution in [2.75, 3.05) is 5.75 Å². The monoisotopic (exact) mass is 247 g/mol. The molecule has 0 saturated heterocycles. The van der Waals surface area contributed by atoms with Crippen molar-refractivity contribution in [3.63, 3.8) is 0 Å². The standard InChI is InChI=1S/C8H6ClNO4S/c9-5-2-1-3-6(8(5)10(13)14)15-4-7(11)12/h1-3H,4H2,(H,11,12). The Balaban J connectivity index is 3.01. The zero-order chi connectivity index (χ0) is 11.4. The van der Waals surface area contributed by atoms with E-state index in [4.69, 9.17) is 16.7 Å². The largest absolute Gasteiger partial charge is 0.481 e. The summed E-state index contributed by atoms with van der Waals surface area (Å²) in [6.45, 7) is 0. The molecule has 5 nitrogen and oxygen atoms in total. The Kier molecular flexibility index (Phi) is 3.93. The van der Waals surface area contributed by atoms with Crippen LogP contribution in [0.3, 0.4) is 0 Å². The quantitative estimate of drug-likeness (QED) is 0.502. The Morgan fingerprint density at radius 2 is 2.27 bits per heavy atom. The first-order valence-electron chi connectivity index (χ1n) is 3.80. The van der Waals surface area contributed by atoms with E-state index in [2.05, 4.69) is 0 Å². The number of benzene rings is 1. The summed E-state index contributed by atoms with van der Waals surface area (Å²) in [5.41, 5.74) is -0.245. The van der Waals surface area contributed by atoms with E-state index < -0.39 is 10.9 Å². The number of hydrogen-bond donors (Lipinski definition) is 1. The molecule has 0 aliphatic heterocycles. The number of nitro benzene ring substituents is 1. The summed E-state index contributed by atoms with van der Waals surface area (Å²) in [5.74, 6) is -1.27. The molecule has 0 aliphatic rings. The van der Waals surface area contributed by atoms with Crippen LogP contribution < -0.4 is 0 Å². The molecule has 1 aromatic rings. The van der Waals surface area contributed by atoms with E-state index in [9.17, 15) is 14.9 Å². The average molecular weight is 248 g/mol. The molecule has 0 saturated carbocycles. The zero-order valence-corrected chi connectivity index (χ0v) is 8.92. The third-order valence-electron chi connectivity index (χ3n) is 1.48. The molecule has 0 heterocycles. The van der Waals surface area contributed by atoms with Crippen molar-refractivity contribution in [3.8, 4) is 0 Å². The maximum absolute atomic E-state index is 10.6. The molecule has 0 aliphatic carbocycles. The summed E-state index contributed by atoms with van der Waals surface area (Å²) in [7, 11) is 0. The molecule has 0 aromatic heterocycles. The molecule has 1 aromatic carbocycles. The predicted octanol–water partition coefficient (Wildman–Crippen LogP) is 2.42. The molecule has 0 spiro atoms. The molecule has 80 valence electrons. The highest BCUT2D eigenvalue weighted by atomic mass is 35.5. The SMILES string of the molecule is O=C(O)CSc1cccc(Cl)c1[N+](=O)[O-]. The van der Waals surface area contributed by atoms with Crippen LogP contribution in [0.2, 0.25) is 5.02 Å². The van der Waals surface area contributed by atoms with E-state index in [1.165, 1.54) is 12.1 Å². The lowest BCUT2D eigenvalue weighted by molar-refractivity contribution is -0.387. The summed E-state index contributed by atoms with van der Waals surface area (Å²) in [4.78, 5) is 20.6. The molecule has 0 unspecified atom stereocenters. The minimum Gasteiger partial charge on any atom is -0.481 e. The summed E-state index contributed by atoms with van der Waals surface area (Å²) in [6.07, 6.45) is 0. The second-order valence-electron chi connectivity index (χ2n) is 2.53. The Morgan fingerprint density at radius 3 is 2.80 bits per heavy atom. The van der Waals surface area contributed by atoms with Crippen LogP contribution in [0.4, 0.5) is 5.69 Å². The van der Waals surface area contributed by atoms with Gasteiger partial charge in [0.1, 0.15) is 5.02 Å². The summed E-state index contributed by atoms with van der Waals surface area (Å²) >= 11 is 6.51. The lowest BCUT2D eigenvalue weighted by atomic mass is 10.3. The van der Waals surface area contributed by atoms with Gasteiger partial charge in [-0.05, 0) is 12.1 Å². The molecule has 0 radical (unpaired) electrons. The second kappa shape index (κ2) is 4.99. The van der Waals surface area contributed by atoms with Crippen LogP contribution in [0.1, 0.15) is 0 Å². The van der Waals surface area contributed by atoms with Crippen molar-refractivity contribution in [3.05, 3.63) is 33.3 Å². The highest BCUT2D eigenvalue weighted by Gasteiger charge is 2.19. The molecule has 1 N–H and O–H groups in total. The van der Waals surface area contributed by atoms with E-state index in [1.54, 1.807) is 6.07 Å². The van der Waals surface area contributed by atoms with Crippen LogP contribution in [0.5, 0.6) is 0 Å². The summed E-state index contributed by atoms with van der Waals surface area (Å²) in [6, 6.07) is 4.40. The maximum Gasteiger partial charge on any atom is 0.313 e. The number of carboxylic acid groups (broad SMARTS) is 1. The molecular weight excluding hydrogens is 242 g/mol. The molecule has 0 amide bonds. The second-order valence-corrected chi connectivity index (χ2v) is 3.95. The summed E-state index contributed by atoms with van der Waals surface area (Å²) in [5, 5.41) is 19.1. The minimum atomic E-state index is -1.03. The Bertz CT molecular complexity index is 410. The van der Waals surface area contributed by atoms with E-state index in [-0.39, 0.29) is 21.4 Å². The van der Waals surface area contributed by atoms with Gasteiger partial charge in [-0.15, -0.1) is 11.8 Å². The fourth-order valence-corrected chi connectivity index (χ4v) is 2.00. The third kappa shape index (κ3) is 3.10. The van der Waals surface area contributed by atoms with Crippen molar-refractivity contribution < 1.29 is 14.8 Å². The van der Waals surface area contributed by atoms with Gasteiger partial charge in [-0.1, -0.05) is 17.7 Å². The van der Waals surface area contributed by atoms with E-state index in [1.807, 2.05) is 0 Å². The number of halogens is 1. The number of nitro groups is 1. The molecule has 0 atom stereocenters. The number of nitrogens with zero attached hydrogens (tertiary/aromatic N) is 1. The number of carboxylic acids is 1. The molecule has 15 heavy (non-hydrogen) atoms. The van der Waals surface area contributed by atoms with Crippen molar-refractivity contribution in [1.29, 1.82) is 0 Å². The van der Waals surface area contributed by atoms with Crippen molar-refractivity contribution >= 4 is 35.0 Å². The van der Waals surface area contributed by atoms with Gasteiger partial charge in [0.05, 0.1) is 15.6 Å². The lowest BCUT2D eigenvalue weighted by Gasteiger charge is -2.01. The van der Waals surface area contributed by atoms with Gasteiger partial charge in [0.25, 0.3) is 0 Å². The first-order valence-corrected chi connectivity index (χ1v) is 5.16. The third-order valence-corrected chi connectivity index (χ3v) is 2.82. The van der Waals surface area contributed by atoms with Crippen LogP contribution >= 0.6 is 23.4 Å². The van der Waals surface area contributed by atoms with Crippen molar-refractivity contribution in [2.45, 2.75) is 4.90 Å². The van der Waals surface area contributed by atoms with Gasteiger partial charge in [-0.25, -0.2) is 0 Å². The maximum atomic E-state index is 10.6. The Hall–Kier alpha value is -1.27. The summed E-state index contributed by atoms with van der Waals surface area (Å²) < 4.78 is 0. The normalized spacial score (nSPS) is 9.93. The first kappa shape index (κ1) is 11.8. The Morgan fingerprint density at radius 1 is 1.60 bits per heavy atom. The van der Waals surface area contributed by atoms with Crippen LogP contribution in [0.25, 0.3) is 0 Å². The van der Waals surface area contributed by atoms with Gasteiger partial charge in [-0.3, -0.25) is 14.9 Å². The number of thioether (sulfide) groups is 1. The zero-order valence-electron chi connectivity index (χ0n) is 7.34. The van der Waals surface area contributed by atoms with Crippen molar-refractivity contribution in [2.24, 2.45) is 0 Å². The lowest BCUT2D eigenvalue weighted by Crippen LogP contribution is -1.99. The van der Waals surface area contributed by atoms with Crippen LogP contribution in [-0.2, 0) is 4.79 Å². The van der Waals surface area contributed by atoms with Gasteiger partial charge in [0, 0.05) is 0 Å². The van der Waals surface area contributed by atoms with Crippen LogP contribution in [0.15, 0.2) is 23.1 Å². The van der Waals surface area contributed by atoms with Crippen LogP contribution in [-0.4, -0.2) is 21.8 Å². The number of carbonyl (C=O) groups is 1. The number of para-hydroxylation sites is 1.